The molecule has 0 spiro atoms. The van der Waals surface area contributed by atoms with Crippen LogP contribution in [0, 0.1) is 6.92 Å². The quantitative estimate of drug-likeness (QED) is 0.296. The zero-order valence-electron chi connectivity index (χ0n) is 16.8. The van der Waals surface area contributed by atoms with E-state index in [0.29, 0.717) is 17.0 Å². The Kier molecular flexibility index (Phi) is 6.17. The monoisotopic (exact) mass is 498 g/mol. The number of thiophene rings is 1. The lowest BCUT2D eigenvalue weighted by atomic mass is 10.1. The number of hydrazone groups is 1. The minimum atomic E-state index is -0.363. The summed E-state index contributed by atoms with van der Waals surface area (Å²) in [5, 5.41) is 14.9. The number of aromatic hydroxyl groups is 1. The van der Waals surface area contributed by atoms with Crippen LogP contribution < -0.4 is 5.43 Å². The summed E-state index contributed by atoms with van der Waals surface area (Å²) in [4.78, 5) is 18.9. The first-order valence-corrected chi connectivity index (χ1v) is 11.0. The molecule has 0 saturated heterocycles. The molecule has 2 N–H and O–H groups in total. The maximum atomic E-state index is 13.1. The lowest BCUT2D eigenvalue weighted by Crippen LogP contribution is -2.18. The first-order valence-electron chi connectivity index (χ1n) is 9.35. The second-order valence-corrected chi connectivity index (χ2v) is 8.72. The van der Waals surface area contributed by atoms with Crippen molar-refractivity contribution in [1.29, 1.82) is 0 Å². The van der Waals surface area contributed by atoms with Gasteiger partial charge in [-0.15, -0.1) is 11.3 Å². The number of aromatic nitrogens is 2. The summed E-state index contributed by atoms with van der Waals surface area (Å²) in [7, 11) is 1.64. The number of nitrogens with one attached hydrogen (secondary N) is 1. The Morgan fingerprint density at radius 3 is 2.87 bits per heavy atom. The van der Waals surface area contributed by atoms with Gasteiger partial charge in [-0.3, -0.25) is 4.79 Å². The fourth-order valence-electron chi connectivity index (χ4n) is 3.29. The van der Waals surface area contributed by atoms with E-state index in [-0.39, 0.29) is 11.7 Å². The molecular formula is C22H19BrN4O3S. The summed E-state index contributed by atoms with van der Waals surface area (Å²) in [6.07, 6.45) is 5.18. The summed E-state index contributed by atoms with van der Waals surface area (Å²) < 4.78 is 8.08. The molecule has 31 heavy (non-hydrogen) atoms. The number of amides is 1. The first kappa shape index (κ1) is 21.2. The van der Waals surface area contributed by atoms with Gasteiger partial charge < -0.3 is 14.4 Å². The van der Waals surface area contributed by atoms with Crippen molar-refractivity contribution in [2.45, 2.75) is 13.5 Å². The van der Waals surface area contributed by atoms with Crippen LogP contribution in [-0.2, 0) is 11.3 Å². The molecular weight excluding hydrogens is 480 g/mol. The number of aryl methyl sites for hydroxylation is 1. The molecule has 0 aliphatic rings. The number of benzene rings is 1. The largest absolute Gasteiger partial charge is 0.507 e. The zero-order chi connectivity index (χ0) is 22.0. The highest BCUT2D eigenvalue weighted by Crippen LogP contribution is 2.36. The molecule has 0 radical (unpaired) electrons. The summed E-state index contributed by atoms with van der Waals surface area (Å²) in [6.45, 7) is 2.33. The Hall–Kier alpha value is -3.01. The highest BCUT2D eigenvalue weighted by molar-refractivity contribution is 9.10. The van der Waals surface area contributed by atoms with Crippen LogP contribution in [-0.4, -0.2) is 33.9 Å². The molecule has 3 heterocycles. The van der Waals surface area contributed by atoms with E-state index < -0.39 is 0 Å². The van der Waals surface area contributed by atoms with Gasteiger partial charge in [-0.2, -0.15) is 5.10 Å². The van der Waals surface area contributed by atoms with Crippen LogP contribution in [0.15, 0.2) is 58.4 Å². The van der Waals surface area contributed by atoms with Crippen molar-refractivity contribution in [2.75, 3.05) is 7.11 Å². The van der Waals surface area contributed by atoms with Gasteiger partial charge in [0.05, 0.1) is 18.5 Å². The fourth-order valence-corrected chi connectivity index (χ4v) is 4.82. The van der Waals surface area contributed by atoms with E-state index in [2.05, 4.69) is 31.4 Å². The number of fused-ring (bicyclic) bond motifs is 1. The average Bonchev–Trinajstić information content (AvgIpc) is 3.38. The van der Waals surface area contributed by atoms with Gasteiger partial charge >= 0.3 is 0 Å². The molecule has 0 bridgehead atoms. The highest BCUT2D eigenvalue weighted by atomic mass is 79.9. The number of phenols is 1. The Balaban J connectivity index is 1.75. The van der Waals surface area contributed by atoms with Crippen LogP contribution in [0.2, 0.25) is 0 Å². The summed E-state index contributed by atoms with van der Waals surface area (Å²) >= 11 is 4.66. The van der Waals surface area contributed by atoms with E-state index in [0.717, 1.165) is 31.6 Å². The van der Waals surface area contributed by atoms with Gasteiger partial charge in [0, 0.05) is 40.6 Å². The van der Waals surface area contributed by atoms with E-state index in [1.165, 1.54) is 17.6 Å². The molecule has 9 heteroatoms. The number of halogens is 1. The predicted molar refractivity (Wildman–Crippen MR) is 125 cm³/mol. The third-order valence-electron chi connectivity index (χ3n) is 4.57. The molecule has 4 rings (SSSR count). The molecule has 7 nitrogen and oxygen atoms in total. The number of carbonyl (C=O) groups excluding carboxylic acids is 1. The van der Waals surface area contributed by atoms with Gasteiger partial charge in [0.1, 0.15) is 15.5 Å². The average molecular weight is 499 g/mol. The lowest BCUT2D eigenvalue weighted by molar-refractivity contribution is 0.0959. The molecule has 0 saturated carbocycles. The number of nitrogens with zero attached hydrogens (tertiary/aromatic N) is 3. The van der Waals surface area contributed by atoms with Gasteiger partial charge in [0.2, 0.25) is 0 Å². The molecule has 0 aliphatic carbocycles. The third kappa shape index (κ3) is 4.39. The SMILES string of the molecule is COCc1cc(C)nc2sc(C(=O)N/N=C/c3cc(Br)ccc3O)c(-n3cccc3)c12. The molecule has 1 amide bonds. The van der Waals surface area contributed by atoms with Crippen molar-refractivity contribution >= 4 is 49.6 Å². The molecule has 0 aliphatic heterocycles. The Bertz CT molecular complexity index is 1280. The van der Waals surface area contributed by atoms with Crippen molar-refractivity contribution in [3.05, 3.63) is 75.0 Å². The Morgan fingerprint density at radius 1 is 1.35 bits per heavy atom. The van der Waals surface area contributed by atoms with Crippen LogP contribution in [0.5, 0.6) is 5.75 Å². The van der Waals surface area contributed by atoms with Crippen molar-refractivity contribution < 1.29 is 14.6 Å². The summed E-state index contributed by atoms with van der Waals surface area (Å²) in [5.74, 6) is -0.293. The fraction of sp³-hybridized carbons (Fsp3) is 0.136. The van der Waals surface area contributed by atoms with Crippen molar-refractivity contribution in [3.8, 4) is 11.4 Å². The maximum Gasteiger partial charge on any atom is 0.283 e. The molecule has 158 valence electrons. The number of hydrogen-bond donors (Lipinski definition) is 2. The molecule has 0 unspecified atom stereocenters. The van der Waals surface area contributed by atoms with E-state index in [1.54, 1.807) is 25.3 Å². The second-order valence-electron chi connectivity index (χ2n) is 6.81. The van der Waals surface area contributed by atoms with Gasteiger partial charge in [0.25, 0.3) is 5.91 Å². The van der Waals surface area contributed by atoms with Crippen molar-refractivity contribution in [1.82, 2.24) is 15.0 Å². The Morgan fingerprint density at radius 2 is 2.13 bits per heavy atom. The van der Waals surface area contributed by atoms with Crippen molar-refractivity contribution in [2.24, 2.45) is 5.10 Å². The van der Waals surface area contributed by atoms with Gasteiger partial charge in [-0.1, -0.05) is 15.9 Å². The molecule has 0 fully saturated rings. The van der Waals surface area contributed by atoms with Crippen LogP contribution in [0.3, 0.4) is 0 Å². The maximum absolute atomic E-state index is 13.1. The van der Waals surface area contributed by atoms with Crippen LogP contribution in [0.1, 0.15) is 26.5 Å². The normalized spacial score (nSPS) is 11.5. The molecule has 4 aromatic rings. The lowest BCUT2D eigenvalue weighted by Gasteiger charge is -2.09. The standard InChI is InChI=1S/C22H19BrN4O3S/c1-13-9-15(12-30-2)18-19(27-7-3-4-8-27)20(31-22(18)25-13)21(29)26-24-11-14-10-16(23)5-6-17(14)28/h3-11,28H,12H2,1-2H3,(H,26,29)/b24-11+. The number of carbonyl (C=O) groups is 1. The van der Waals surface area contributed by atoms with Gasteiger partial charge in [0.15, 0.2) is 0 Å². The van der Waals surface area contributed by atoms with Gasteiger partial charge in [-0.25, -0.2) is 10.4 Å². The summed E-state index contributed by atoms with van der Waals surface area (Å²) in [6, 6.07) is 10.8. The minimum absolute atomic E-state index is 0.0694. The summed E-state index contributed by atoms with van der Waals surface area (Å²) in [5.41, 5.74) is 5.61. The van der Waals surface area contributed by atoms with Crippen molar-refractivity contribution in [3.63, 3.8) is 0 Å². The van der Waals surface area contributed by atoms with Crippen LogP contribution in [0.4, 0.5) is 0 Å². The van der Waals surface area contributed by atoms with Gasteiger partial charge in [-0.05, 0) is 48.9 Å². The number of methoxy groups -OCH3 is 1. The highest BCUT2D eigenvalue weighted by Gasteiger charge is 2.23. The smallest absolute Gasteiger partial charge is 0.283 e. The number of hydrogen-bond acceptors (Lipinski definition) is 6. The number of ether oxygens (including phenoxy) is 1. The molecule has 3 aromatic heterocycles. The first-order chi connectivity index (χ1) is 15.0. The molecule has 1 aromatic carbocycles. The topological polar surface area (TPSA) is 88.7 Å². The molecule has 0 atom stereocenters. The Labute approximate surface area is 191 Å². The third-order valence-corrected chi connectivity index (χ3v) is 6.14. The minimum Gasteiger partial charge on any atom is -0.507 e. The second kappa shape index (κ2) is 9.01. The number of rotatable bonds is 6. The predicted octanol–water partition coefficient (Wildman–Crippen LogP) is 4.77. The zero-order valence-corrected chi connectivity index (χ0v) is 19.2. The van der Waals surface area contributed by atoms with E-state index in [1.807, 2.05) is 42.1 Å². The van der Waals surface area contributed by atoms with E-state index >= 15 is 0 Å². The van der Waals surface area contributed by atoms with E-state index in [9.17, 15) is 9.90 Å². The number of phenolic OH excluding ortho intramolecular Hbond substituents is 1. The van der Waals surface area contributed by atoms with Crippen LogP contribution >= 0.6 is 27.3 Å². The van der Waals surface area contributed by atoms with E-state index in [4.69, 9.17) is 4.74 Å². The number of pyridine rings is 1. The van der Waals surface area contributed by atoms with Crippen LogP contribution in [0.25, 0.3) is 15.9 Å².